The molecule has 1 saturated heterocycles. The van der Waals surface area contributed by atoms with Crippen molar-refractivity contribution in [1.29, 1.82) is 0 Å². The van der Waals surface area contributed by atoms with Gasteiger partial charge in [-0.25, -0.2) is 0 Å². The lowest BCUT2D eigenvalue weighted by Gasteiger charge is -2.30. The number of nitrogens with zero attached hydrogens (tertiary/aromatic N) is 1. The lowest BCUT2D eigenvalue weighted by Crippen LogP contribution is -2.43. The second-order valence-corrected chi connectivity index (χ2v) is 6.33. The zero-order valence-electron chi connectivity index (χ0n) is 12.1. The fourth-order valence-electron chi connectivity index (χ4n) is 3.52. The average Bonchev–Trinajstić information content (AvgIpc) is 3.14. The van der Waals surface area contributed by atoms with E-state index in [-0.39, 0.29) is 23.5 Å². The van der Waals surface area contributed by atoms with E-state index in [1.165, 1.54) is 0 Å². The van der Waals surface area contributed by atoms with Crippen molar-refractivity contribution in [3.63, 3.8) is 0 Å². The van der Waals surface area contributed by atoms with Gasteiger partial charge in [0.2, 0.25) is 5.91 Å². The van der Waals surface area contributed by atoms with Crippen molar-refractivity contribution in [1.82, 2.24) is 4.90 Å². The average molecular weight is 273 g/mol. The summed E-state index contributed by atoms with van der Waals surface area (Å²) in [7, 11) is 0. The van der Waals surface area contributed by atoms with Gasteiger partial charge in [0.15, 0.2) is 0 Å². The highest BCUT2D eigenvalue weighted by atomic mass is 16.3. The number of hydrogen-bond donors (Lipinski definition) is 1. The van der Waals surface area contributed by atoms with Crippen LogP contribution in [0.3, 0.4) is 0 Å². The lowest BCUT2D eigenvalue weighted by molar-refractivity contribution is -0.135. The minimum Gasteiger partial charge on any atom is -0.393 e. The van der Waals surface area contributed by atoms with Gasteiger partial charge in [0.05, 0.1) is 11.5 Å². The first-order chi connectivity index (χ1) is 9.63. The summed E-state index contributed by atoms with van der Waals surface area (Å²) in [5.74, 6) is 0.284. The Bertz CT molecular complexity index is 479. The van der Waals surface area contributed by atoms with Crippen LogP contribution in [0, 0.1) is 0 Å². The fraction of sp³-hybridized carbons (Fsp3) is 0.588. The third kappa shape index (κ3) is 2.35. The predicted molar refractivity (Wildman–Crippen MR) is 78.4 cm³/mol. The van der Waals surface area contributed by atoms with Crippen LogP contribution >= 0.6 is 0 Å². The Morgan fingerprint density at radius 3 is 2.70 bits per heavy atom. The summed E-state index contributed by atoms with van der Waals surface area (Å²) in [5.41, 5.74) is 0.899. The monoisotopic (exact) mass is 273 g/mol. The molecule has 1 heterocycles. The van der Waals surface area contributed by atoms with E-state index in [1.54, 1.807) is 0 Å². The number of benzene rings is 1. The molecule has 0 radical (unpaired) electrons. The highest BCUT2D eigenvalue weighted by molar-refractivity contribution is 5.91. The Kier molecular flexibility index (Phi) is 3.55. The molecule has 3 heteroatoms. The Morgan fingerprint density at radius 2 is 2.10 bits per heavy atom. The Labute approximate surface area is 120 Å². The maximum atomic E-state index is 13.0. The van der Waals surface area contributed by atoms with Gasteiger partial charge in [-0.15, -0.1) is 0 Å². The van der Waals surface area contributed by atoms with Gasteiger partial charge in [0.1, 0.15) is 0 Å². The molecule has 1 amide bonds. The van der Waals surface area contributed by atoms with E-state index >= 15 is 0 Å². The summed E-state index contributed by atoms with van der Waals surface area (Å²) in [6.45, 7) is 2.66. The van der Waals surface area contributed by atoms with Crippen molar-refractivity contribution >= 4 is 5.91 Å². The van der Waals surface area contributed by atoms with Gasteiger partial charge in [0, 0.05) is 12.6 Å². The lowest BCUT2D eigenvalue weighted by atomic mass is 9.93. The van der Waals surface area contributed by atoms with Gasteiger partial charge in [-0.3, -0.25) is 4.79 Å². The molecule has 20 heavy (non-hydrogen) atoms. The van der Waals surface area contributed by atoms with Crippen molar-refractivity contribution in [2.75, 3.05) is 6.54 Å². The summed E-state index contributed by atoms with van der Waals surface area (Å²) < 4.78 is 0. The second-order valence-electron chi connectivity index (χ2n) is 6.33. The third-order valence-corrected chi connectivity index (χ3v) is 4.74. The second kappa shape index (κ2) is 5.21. The zero-order valence-corrected chi connectivity index (χ0v) is 12.1. The number of carbonyl (C=O) groups is 1. The SMILES string of the molecule is CC(O)CC1CCCN1C(=O)C1(c2ccccc2)CC1. The molecule has 1 N–H and O–H groups in total. The highest BCUT2D eigenvalue weighted by Crippen LogP contribution is 2.50. The largest absolute Gasteiger partial charge is 0.393 e. The molecule has 1 aliphatic heterocycles. The first-order valence-electron chi connectivity index (χ1n) is 7.68. The van der Waals surface area contributed by atoms with E-state index in [4.69, 9.17) is 0 Å². The van der Waals surface area contributed by atoms with Crippen LogP contribution < -0.4 is 0 Å². The van der Waals surface area contributed by atoms with Crippen LogP contribution in [0.1, 0.15) is 44.6 Å². The van der Waals surface area contributed by atoms with Crippen molar-refractivity contribution in [2.45, 2.75) is 56.6 Å². The van der Waals surface area contributed by atoms with Gasteiger partial charge in [-0.1, -0.05) is 30.3 Å². The summed E-state index contributed by atoms with van der Waals surface area (Å²) in [6, 6.07) is 10.4. The van der Waals surface area contributed by atoms with E-state index in [0.29, 0.717) is 6.42 Å². The van der Waals surface area contributed by atoms with Crippen molar-refractivity contribution in [3.05, 3.63) is 35.9 Å². The van der Waals surface area contributed by atoms with Crippen LogP contribution in [0.2, 0.25) is 0 Å². The van der Waals surface area contributed by atoms with Gasteiger partial charge < -0.3 is 10.0 Å². The molecule has 3 rings (SSSR count). The molecule has 2 atom stereocenters. The van der Waals surface area contributed by atoms with Crippen LogP contribution in [-0.4, -0.2) is 34.6 Å². The topological polar surface area (TPSA) is 40.5 Å². The Morgan fingerprint density at radius 1 is 1.40 bits per heavy atom. The zero-order chi connectivity index (χ0) is 14.2. The molecule has 0 spiro atoms. The summed E-state index contributed by atoms with van der Waals surface area (Å²) >= 11 is 0. The van der Waals surface area contributed by atoms with Crippen LogP contribution in [0.4, 0.5) is 0 Å². The molecule has 2 aliphatic rings. The highest BCUT2D eigenvalue weighted by Gasteiger charge is 2.54. The molecule has 1 saturated carbocycles. The molecule has 1 aliphatic carbocycles. The summed E-state index contributed by atoms with van der Waals surface area (Å²) in [5, 5.41) is 9.61. The number of aliphatic hydroxyl groups is 1. The minimum absolute atomic E-state index is 0.226. The van der Waals surface area contributed by atoms with Gasteiger partial charge in [0.25, 0.3) is 0 Å². The number of likely N-dealkylation sites (tertiary alicyclic amines) is 1. The summed E-state index contributed by atoms with van der Waals surface area (Å²) in [6.07, 6.45) is 4.40. The van der Waals surface area contributed by atoms with Crippen LogP contribution in [0.15, 0.2) is 30.3 Å². The molecule has 0 aromatic heterocycles. The van der Waals surface area contributed by atoms with Gasteiger partial charge in [-0.2, -0.15) is 0 Å². The fourth-order valence-corrected chi connectivity index (χ4v) is 3.52. The number of amides is 1. The molecule has 0 bridgehead atoms. The molecule has 2 fully saturated rings. The Balaban J connectivity index is 1.79. The maximum absolute atomic E-state index is 13.0. The minimum atomic E-state index is -0.333. The molecular formula is C17H23NO2. The molecule has 3 nitrogen and oxygen atoms in total. The van der Waals surface area contributed by atoms with Crippen molar-refractivity contribution < 1.29 is 9.90 Å². The van der Waals surface area contributed by atoms with Crippen molar-refractivity contribution in [3.8, 4) is 0 Å². The molecule has 2 unspecified atom stereocenters. The van der Waals surface area contributed by atoms with Gasteiger partial charge >= 0.3 is 0 Å². The van der Waals surface area contributed by atoms with Crippen LogP contribution in [0.25, 0.3) is 0 Å². The molecular weight excluding hydrogens is 250 g/mol. The Hall–Kier alpha value is -1.35. The molecule has 1 aromatic carbocycles. The first-order valence-corrected chi connectivity index (χ1v) is 7.68. The van der Waals surface area contributed by atoms with E-state index in [9.17, 15) is 9.90 Å². The van der Waals surface area contributed by atoms with Crippen LogP contribution in [-0.2, 0) is 10.2 Å². The normalized spacial score (nSPS) is 25.5. The number of carbonyl (C=O) groups excluding carboxylic acids is 1. The maximum Gasteiger partial charge on any atom is 0.233 e. The van der Waals surface area contributed by atoms with Crippen molar-refractivity contribution in [2.24, 2.45) is 0 Å². The molecule has 1 aromatic rings. The number of rotatable bonds is 4. The van der Waals surface area contributed by atoms with E-state index < -0.39 is 0 Å². The standard InChI is InChI=1S/C17H23NO2/c1-13(19)12-15-8-5-11-18(15)16(20)17(9-10-17)14-6-3-2-4-7-14/h2-4,6-7,13,15,19H,5,8-12H2,1H3. The third-order valence-electron chi connectivity index (χ3n) is 4.74. The predicted octanol–water partition coefficient (Wildman–Crippen LogP) is 2.48. The van der Waals surface area contributed by atoms with Gasteiger partial charge in [-0.05, 0) is 44.6 Å². The van der Waals surface area contributed by atoms with E-state index in [2.05, 4.69) is 12.1 Å². The van der Waals surface area contributed by atoms with Crippen LogP contribution in [0.5, 0.6) is 0 Å². The number of hydrogen-bond acceptors (Lipinski definition) is 2. The first kappa shape index (κ1) is 13.6. The smallest absolute Gasteiger partial charge is 0.233 e. The summed E-state index contributed by atoms with van der Waals surface area (Å²) in [4.78, 5) is 15.0. The van der Waals surface area contributed by atoms with E-state index in [1.807, 2.05) is 30.0 Å². The van der Waals surface area contributed by atoms with E-state index in [0.717, 1.165) is 37.8 Å². The quantitative estimate of drug-likeness (QED) is 0.915. The molecule has 108 valence electrons. The number of aliphatic hydroxyl groups excluding tert-OH is 1.